The molecule has 0 unspecified atom stereocenters. The fourth-order valence-corrected chi connectivity index (χ4v) is 3.32. The molecule has 1 heterocycles. The summed E-state index contributed by atoms with van der Waals surface area (Å²) in [7, 11) is 2.28. The summed E-state index contributed by atoms with van der Waals surface area (Å²) in [5, 5.41) is 23.6. The molecule has 0 saturated heterocycles. The van der Waals surface area contributed by atoms with Crippen LogP contribution in [-0.2, 0) is 20.1 Å². The summed E-state index contributed by atoms with van der Waals surface area (Å²) in [4.78, 5) is 21.3. The number of benzene rings is 1. The number of carboxylic acid groups (broad SMARTS) is 1. The predicted molar refractivity (Wildman–Crippen MR) is 102 cm³/mol. The number of nitrogens with zero attached hydrogens (tertiary/aromatic N) is 3. The molecule has 0 aliphatic rings. The van der Waals surface area contributed by atoms with Gasteiger partial charge in [-0.25, -0.2) is 8.78 Å². The zero-order valence-corrected chi connectivity index (χ0v) is 17.4. The van der Waals surface area contributed by atoms with Gasteiger partial charge < -0.3 is 14.6 Å². The number of hydrogen-bond acceptors (Lipinski definition) is 6. The molecule has 0 aliphatic heterocycles. The van der Waals surface area contributed by atoms with E-state index in [9.17, 15) is 32.5 Å². The first kappa shape index (κ1) is 25.2. The van der Waals surface area contributed by atoms with Gasteiger partial charge in [0.05, 0.1) is 16.4 Å². The minimum Gasteiger partial charge on any atom is -0.481 e. The second-order valence-electron chi connectivity index (χ2n) is 6.97. The van der Waals surface area contributed by atoms with Crippen LogP contribution in [-0.4, -0.2) is 40.0 Å². The van der Waals surface area contributed by atoms with Crippen molar-refractivity contribution in [2.24, 2.45) is 5.92 Å². The van der Waals surface area contributed by atoms with Crippen molar-refractivity contribution in [2.75, 3.05) is 14.2 Å². The number of alkyl halides is 2. The lowest BCUT2D eigenvalue weighted by Crippen LogP contribution is -2.32. The number of carbonyl (C=O) groups is 1. The van der Waals surface area contributed by atoms with Crippen LogP contribution in [0.15, 0.2) is 18.3 Å². The van der Waals surface area contributed by atoms with Crippen LogP contribution in [0.3, 0.4) is 0 Å². The smallest absolute Gasteiger partial charge is 0.334 e. The van der Waals surface area contributed by atoms with E-state index >= 15 is 0 Å². The Morgan fingerprint density at radius 2 is 1.94 bits per heavy atom. The van der Waals surface area contributed by atoms with Crippen LogP contribution in [0.2, 0.25) is 0 Å². The van der Waals surface area contributed by atoms with Crippen molar-refractivity contribution in [3.8, 4) is 11.3 Å². The molecule has 0 bridgehead atoms. The lowest BCUT2D eigenvalue weighted by molar-refractivity contribution is -0.384. The molecule has 13 heteroatoms. The van der Waals surface area contributed by atoms with Gasteiger partial charge in [0.15, 0.2) is 23.1 Å². The van der Waals surface area contributed by atoms with E-state index in [0.29, 0.717) is 12.3 Å². The highest BCUT2D eigenvalue weighted by Crippen LogP contribution is 2.40. The first-order chi connectivity index (χ1) is 15.0. The zero-order valence-electron chi connectivity index (χ0n) is 17.4. The number of halogens is 4. The summed E-state index contributed by atoms with van der Waals surface area (Å²) in [6.45, 7) is -1.82. The van der Waals surface area contributed by atoms with E-state index < -0.39 is 63.3 Å². The van der Waals surface area contributed by atoms with Gasteiger partial charge in [-0.15, -0.1) is 0 Å². The SMILES string of the molecule is COC(CCC[C@@H](C)C(=O)O)(OC)c1cc(-c2c([N+](=O)[O-])cnn2C(F)F)cc(F)c1F. The molecule has 2 rings (SSSR count). The van der Waals surface area contributed by atoms with E-state index in [1.165, 1.54) is 6.92 Å². The van der Waals surface area contributed by atoms with Crippen LogP contribution in [0.5, 0.6) is 0 Å². The normalized spacial score (nSPS) is 12.9. The topological polar surface area (TPSA) is 117 Å². The number of hydrogen-bond donors (Lipinski definition) is 1. The van der Waals surface area contributed by atoms with Crippen LogP contribution in [0.25, 0.3) is 11.3 Å². The lowest BCUT2D eigenvalue weighted by Gasteiger charge is -2.32. The zero-order chi connectivity index (χ0) is 24.2. The van der Waals surface area contributed by atoms with Crippen LogP contribution < -0.4 is 0 Å². The average Bonchev–Trinajstić information content (AvgIpc) is 3.19. The molecule has 1 N–H and O–H groups in total. The Kier molecular flexibility index (Phi) is 7.91. The fourth-order valence-electron chi connectivity index (χ4n) is 3.32. The molecule has 9 nitrogen and oxygen atoms in total. The third-order valence-corrected chi connectivity index (χ3v) is 5.09. The van der Waals surface area contributed by atoms with Crippen LogP contribution in [0.4, 0.5) is 23.2 Å². The Hall–Kier alpha value is -3.06. The molecule has 1 aromatic heterocycles. The molecule has 0 fully saturated rings. The van der Waals surface area contributed by atoms with Gasteiger partial charge in [0.2, 0.25) is 0 Å². The minimum absolute atomic E-state index is 0.0183. The van der Waals surface area contributed by atoms with Gasteiger partial charge >= 0.3 is 18.2 Å². The number of nitro groups is 1. The molecule has 2 aromatic rings. The van der Waals surface area contributed by atoms with E-state index in [2.05, 4.69) is 5.10 Å². The van der Waals surface area contributed by atoms with E-state index in [1.54, 1.807) is 0 Å². The largest absolute Gasteiger partial charge is 0.481 e. The van der Waals surface area contributed by atoms with E-state index in [4.69, 9.17) is 14.6 Å². The Balaban J connectivity index is 2.62. The van der Waals surface area contributed by atoms with Crippen LogP contribution in [0.1, 0.15) is 38.3 Å². The van der Waals surface area contributed by atoms with Crippen molar-refractivity contribution in [1.29, 1.82) is 0 Å². The summed E-state index contributed by atoms with van der Waals surface area (Å²) in [6, 6.07) is 1.44. The molecule has 0 saturated carbocycles. The maximum absolute atomic E-state index is 14.8. The van der Waals surface area contributed by atoms with Gasteiger partial charge in [-0.3, -0.25) is 14.9 Å². The number of aromatic nitrogens is 2. The molecule has 1 aromatic carbocycles. The average molecular weight is 463 g/mol. The third kappa shape index (κ3) is 4.88. The summed E-state index contributed by atoms with van der Waals surface area (Å²) in [6.07, 6.45) is 0.788. The maximum atomic E-state index is 14.8. The van der Waals surface area contributed by atoms with Crippen LogP contribution in [0, 0.1) is 27.7 Å². The van der Waals surface area contributed by atoms with E-state index in [1.807, 2.05) is 0 Å². The summed E-state index contributed by atoms with van der Waals surface area (Å²) >= 11 is 0. The monoisotopic (exact) mass is 463 g/mol. The van der Waals surface area contributed by atoms with Crippen molar-refractivity contribution in [2.45, 2.75) is 38.5 Å². The van der Waals surface area contributed by atoms with Crippen molar-refractivity contribution in [3.63, 3.8) is 0 Å². The number of ether oxygens (including phenoxy) is 2. The van der Waals surface area contributed by atoms with Gasteiger partial charge in [-0.2, -0.15) is 18.6 Å². The lowest BCUT2D eigenvalue weighted by atomic mass is 9.93. The van der Waals surface area contributed by atoms with Crippen molar-refractivity contribution in [1.82, 2.24) is 9.78 Å². The third-order valence-electron chi connectivity index (χ3n) is 5.09. The number of aliphatic carboxylic acids is 1. The molecule has 1 atom stereocenters. The molecule has 0 spiro atoms. The molecule has 176 valence electrons. The number of carboxylic acids is 1. The minimum atomic E-state index is -3.29. The van der Waals surface area contributed by atoms with Crippen LogP contribution >= 0.6 is 0 Å². The Labute approximate surface area is 179 Å². The van der Waals surface area contributed by atoms with E-state index in [-0.39, 0.29) is 23.9 Å². The van der Waals surface area contributed by atoms with Crippen molar-refractivity contribution in [3.05, 3.63) is 45.6 Å². The summed E-state index contributed by atoms with van der Waals surface area (Å²) in [5.74, 6) is -6.57. The quantitative estimate of drug-likeness (QED) is 0.226. The Morgan fingerprint density at radius 3 is 2.44 bits per heavy atom. The molecular weight excluding hydrogens is 442 g/mol. The first-order valence-corrected chi connectivity index (χ1v) is 9.32. The molecule has 32 heavy (non-hydrogen) atoms. The Bertz CT molecular complexity index is 994. The van der Waals surface area contributed by atoms with Crippen molar-refractivity contribution >= 4 is 11.7 Å². The number of methoxy groups -OCH3 is 2. The van der Waals surface area contributed by atoms with Gasteiger partial charge in [-0.05, 0) is 25.0 Å². The number of rotatable bonds is 11. The highest BCUT2D eigenvalue weighted by molar-refractivity contribution is 5.71. The molecule has 0 radical (unpaired) electrons. The van der Waals surface area contributed by atoms with Gasteiger partial charge in [0, 0.05) is 26.2 Å². The van der Waals surface area contributed by atoms with Gasteiger partial charge in [0.1, 0.15) is 6.20 Å². The second kappa shape index (κ2) is 10.0. The highest BCUT2D eigenvalue weighted by Gasteiger charge is 2.38. The maximum Gasteiger partial charge on any atom is 0.334 e. The van der Waals surface area contributed by atoms with Crippen molar-refractivity contribution < 1.29 is 41.9 Å². The predicted octanol–water partition coefficient (Wildman–Crippen LogP) is 4.47. The highest BCUT2D eigenvalue weighted by atomic mass is 19.3. The van der Waals surface area contributed by atoms with Gasteiger partial charge in [0.25, 0.3) is 0 Å². The molecular formula is C19H21F4N3O6. The summed E-state index contributed by atoms with van der Waals surface area (Å²) < 4.78 is 66.6. The first-order valence-electron chi connectivity index (χ1n) is 9.32. The Morgan fingerprint density at radius 1 is 1.31 bits per heavy atom. The standard InChI is InChI=1S/C19H21F4N3O6/c1-10(17(27)28)5-4-6-19(31-2,32-3)12-7-11(8-13(20)15(12)21)16-14(26(29)30)9-24-25(16)18(22)23/h7-10,18H,4-6H2,1-3H3,(H,27,28)/t10-/m1/s1. The van der Waals surface area contributed by atoms with E-state index in [0.717, 1.165) is 20.3 Å². The second-order valence-corrected chi connectivity index (χ2v) is 6.97. The fraction of sp³-hybridized carbons (Fsp3) is 0.474. The molecule has 0 aliphatic carbocycles. The summed E-state index contributed by atoms with van der Waals surface area (Å²) in [5.41, 5.74) is -2.54. The van der Waals surface area contributed by atoms with Gasteiger partial charge in [-0.1, -0.05) is 6.92 Å². The molecule has 0 amide bonds.